The van der Waals surface area contributed by atoms with Gasteiger partial charge in [0.15, 0.2) is 5.82 Å². The maximum absolute atomic E-state index is 13.1. The zero-order valence-corrected chi connectivity index (χ0v) is 24.9. The fourth-order valence-corrected chi connectivity index (χ4v) is 6.41. The Labute approximate surface area is 234 Å². The molecular formula is C28H47N7O3S. The smallest absolute Gasteiger partial charge is 0.317 e. The minimum Gasteiger partial charge on any atom is -0.335 e. The van der Waals surface area contributed by atoms with Crippen LogP contribution in [-0.2, 0) is 30.0 Å². The molecule has 0 unspecified atom stereocenters. The minimum absolute atomic E-state index is 0.0557. The summed E-state index contributed by atoms with van der Waals surface area (Å²) in [7, 11) is -0.0265. The third-order valence-electron chi connectivity index (χ3n) is 7.48. The van der Waals surface area contributed by atoms with Gasteiger partial charge in [-0.05, 0) is 57.3 Å². The van der Waals surface area contributed by atoms with Gasteiger partial charge in [-0.2, -0.15) is 5.10 Å². The van der Waals surface area contributed by atoms with E-state index in [0.29, 0.717) is 30.9 Å². The summed E-state index contributed by atoms with van der Waals surface area (Å²) in [5.41, 5.74) is 1.13. The number of carbonyl (C=O) groups is 1. The van der Waals surface area contributed by atoms with Gasteiger partial charge in [0.05, 0.1) is 18.3 Å². The van der Waals surface area contributed by atoms with Crippen LogP contribution in [0.2, 0.25) is 0 Å². The number of hydrogen-bond acceptors (Lipinski definition) is 6. The summed E-state index contributed by atoms with van der Waals surface area (Å²) in [4.78, 5) is 21.3. The van der Waals surface area contributed by atoms with E-state index in [1.165, 1.54) is 6.42 Å². The number of amides is 2. The largest absolute Gasteiger partial charge is 0.335 e. The van der Waals surface area contributed by atoms with Crippen LogP contribution in [0.15, 0.2) is 30.3 Å². The lowest BCUT2D eigenvalue weighted by atomic mass is 9.96. The molecule has 10 nitrogen and oxygen atoms in total. The second kappa shape index (κ2) is 15.3. The van der Waals surface area contributed by atoms with Crippen LogP contribution in [0.25, 0.3) is 0 Å². The number of rotatable bonds is 15. The van der Waals surface area contributed by atoms with Crippen LogP contribution < -0.4 is 10.0 Å². The van der Waals surface area contributed by atoms with E-state index in [4.69, 9.17) is 4.98 Å². The fraction of sp³-hybridized carbons (Fsp3) is 0.679. The fourth-order valence-electron chi connectivity index (χ4n) is 5.13. The lowest BCUT2D eigenvalue weighted by Crippen LogP contribution is -2.43. The predicted octanol–water partition coefficient (Wildman–Crippen LogP) is 3.61. The SMILES string of the molecule is CCN(CC)CCCS(=O)(=O)N[C@H](CCc1ccccc1)c1nc(CN(C)C(=O)NC2CCCCC2)nn1C. The van der Waals surface area contributed by atoms with Crippen molar-refractivity contribution in [3.63, 3.8) is 0 Å². The Hall–Kier alpha value is -2.50. The van der Waals surface area contributed by atoms with Crippen molar-refractivity contribution < 1.29 is 13.2 Å². The van der Waals surface area contributed by atoms with Gasteiger partial charge < -0.3 is 15.1 Å². The van der Waals surface area contributed by atoms with Crippen LogP contribution in [0.1, 0.15) is 82.0 Å². The zero-order chi connectivity index (χ0) is 28.3. The van der Waals surface area contributed by atoms with Gasteiger partial charge in [-0.25, -0.2) is 22.9 Å². The van der Waals surface area contributed by atoms with E-state index in [1.807, 2.05) is 30.3 Å². The van der Waals surface area contributed by atoms with Crippen LogP contribution in [0.3, 0.4) is 0 Å². The number of sulfonamides is 1. The van der Waals surface area contributed by atoms with Crippen LogP contribution in [-0.4, -0.2) is 77.5 Å². The number of urea groups is 1. The Morgan fingerprint density at radius 2 is 1.82 bits per heavy atom. The molecule has 0 bridgehead atoms. The summed E-state index contributed by atoms with van der Waals surface area (Å²) in [6.45, 7) is 6.95. The molecule has 1 aliphatic rings. The van der Waals surface area contributed by atoms with Crippen LogP contribution >= 0.6 is 0 Å². The molecule has 1 aliphatic carbocycles. The Kier molecular flexibility index (Phi) is 12.2. The molecule has 0 aliphatic heterocycles. The standard InChI is InChI=1S/C28H47N7O3S/c1-5-35(6-2)20-13-21-39(37,38)32-25(19-18-23-14-9-7-10-15-23)27-30-26(31-34(27)4)22-33(3)28(36)29-24-16-11-8-12-17-24/h7,9-10,14-15,24-25,32H,5-6,8,11-13,16-22H2,1-4H3,(H,29,36)/t25-/m1/s1. The summed E-state index contributed by atoms with van der Waals surface area (Å²) in [5.74, 6) is 1.09. The average Bonchev–Trinajstić information content (AvgIpc) is 3.29. The number of hydrogen-bond donors (Lipinski definition) is 2. The number of nitrogens with one attached hydrogen (secondary N) is 2. The first-order valence-electron chi connectivity index (χ1n) is 14.4. The quantitative estimate of drug-likeness (QED) is 0.344. The molecule has 2 N–H and O–H groups in total. The molecule has 1 aromatic heterocycles. The van der Waals surface area contributed by atoms with Crippen molar-refractivity contribution in [2.24, 2.45) is 7.05 Å². The average molecular weight is 562 g/mol. The number of aryl methyl sites for hydroxylation is 2. The maximum Gasteiger partial charge on any atom is 0.317 e. The summed E-state index contributed by atoms with van der Waals surface area (Å²) < 4.78 is 30.8. The van der Waals surface area contributed by atoms with Gasteiger partial charge in [0.2, 0.25) is 10.0 Å². The predicted molar refractivity (Wildman–Crippen MR) is 155 cm³/mol. The molecule has 39 heavy (non-hydrogen) atoms. The first kappa shape index (κ1) is 31.0. The summed E-state index contributed by atoms with van der Waals surface area (Å²) in [6, 6.07) is 9.57. The van der Waals surface area contributed by atoms with Crippen molar-refractivity contribution in [2.45, 2.75) is 83.8 Å². The van der Waals surface area contributed by atoms with E-state index in [-0.39, 0.29) is 24.4 Å². The lowest BCUT2D eigenvalue weighted by Gasteiger charge is -2.25. The molecule has 1 fully saturated rings. The summed E-state index contributed by atoms with van der Waals surface area (Å²) in [5, 5.41) is 7.65. The van der Waals surface area contributed by atoms with E-state index < -0.39 is 16.1 Å². The van der Waals surface area contributed by atoms with Crippen molar-refractivity contribution in [1.29, 1.82) is 0 Å². The Morgan fingerprint density at radius 3 is 2.49 bits per heavy atom. The number of nitrogens with zero attached hydrogens (tertiary/aromatic N) is 5. The van der Waals surface area contributed by atoms with E-state index in [9.17, 15) is 13.2 Å². The lowest BCUT2D eigenvalue weighted by molar-refractivity contribution is 0.197. The highest BCUT2D eigenvalue weighted by Crippen LogP contribution is 2.20. The summed E-state index contributed by atoms with van der Waals surface area (Å²) >= 11 is 0. The van der Waals surface area contributed by atoms with Gasteiger partial charge in [-0.15, -0.1) is 0 Å². The highest BCUT2D eigenvalue weighted by Gasteiger charge is 2.26. The second-order valence-corrected chi connectivity index (χ2v) is 12.4. The highest BCUT2D eigenvalue weighted by atomic mass is 32.2. The van der Waals surface area contributed by atoms with Gasteiger partial charge in [0.25, 0.3) is 0 Å². The first-order chi connectivity index (χ1) is 18.7. The molecule has 2 aromatic rings. The van der Waals surface area contributed by atoms with Crippen molar-refractivity contribution in [1.82, 2.24) is 34.6 Å². The molecule has 1 atom stereocenters. The molecule has 218 valence electrons. The third-order valence-corrected chi connectivity index (χ3v) is 8.95. The number of benzene rings is 1. The molecule has 0 radical (unpaired) electrons. The van der Waals surface area contributed by atoms with Crippen molar-refractivity contribution in [3.8, 4) is 0 Å². The van der Waals surface area contributed by atoms with Gasteiger partial charge in [0.1, 0.15) is 5.82 Å². The van der Waals surface area contributed by atoms with E-state index in [2.05, 4.69) is 33.9 Å². The molecule has 0 saturated heterocycles. The normalized spacial score (nSPS) is 15.4. The second-order valence-electron chi connectivity index (χ2n) is 10.5. The van der Waals surface area contributed by atoms with Crippen molar-refractivity contribution in [3.05, 3.63) is 47.5 Å². The van der Waals surface area contributed by atoms with Crippen LogP contribution in [0.4, 0.5) is 4.79 Å². The van der Waals surface area contributed by atoms with E-state index >= 15 is 0 Å². The molecular weight excluding hydrogens is 514 g/mol. The highest BCUT2D eigenvalue weighted by molar-refractivity contribution is 7.89. The Balaban J connectivity index is 1.69. The first-order valence-corrected chi connectivity index (χ1v) is 16.0. The zero-order valence-electron chi connectivity index (χ0n) is 24.1. The molecule has 3 rings (SSSR count). The van der Waals surface area contributed by atoms with E-state index in [1.54, 1.807) is 23.7 Å². The molecule has 2 amide bonds. The molecule has 1 heterocycles. The van der Waals surface area contributed by atoms with Crippen LogP contribution in [0.5, 0.6) is 0 Å². The van der Waals surface area contributed by atoms with Crippen LogP contribution in [0, 0.1) is 0 Å². The van der Waals surface area contributed by atoms with Gasteiger partial charge >= 0.3 is 6.03 Å². The topological polar surface area (TPSA) is 112 Å². The monoisotopic (exact) mass is 561 g/mol. The minimum atomic E-state index is -3.54. The number of carbonyl (C=O) groups excluding carboxylic acids is 1. The van der Waals surface area contributed by atoms with Crippen molar-refractivity contribution in [2.75, 3.05) is 32.4 Å². The summed E-state index contributed by atoms with van der Waals surface area (Å²) in [6.07, 6.45) is 7.36. The number of aromatic nitrogens is 3. The van der Waals surface area contributed by atoms with Crippen molar-refractivity contribution >= 4 is 16.1 Å². The third kappa shape index (κ3) is 10.2. The van der Waals surface area contributed by atoms with E-state index in [0.717, 1.165) is 50.9 Å². The van der Waals surface area contributed by atoms with Gasteiger partial charge in [-0.3, -0.25) is 4.68 Å². The Bertz CT molecular complexity index is 1110. The molecule has 11 heteroatoms. The molecule has 0 spiro atoms. The van der Waals surface area contributed by atoms with Gasteiger partial charge in [0, 0.05) is 20.1 Å². The Morgan fingerprint density at radius 1 is 1.13 bits per heavy atom. The molecule has 1 aromatic carbocycles. The molecule has 1 saturated carbocycles. The maximum atomic E-state index is 13.1. The van der Waals surface area contributed by atoms with Gasteiger partial charge in [-0.1, -0.05) is 63.4 Å².